The number of halogens is 1. The average molecular weight is 423 g/mol. The molecule has 152 valence electrons. The van der Waals surface area contributed by atoms with Crippen molar-refractivity contribution in [2.75, 3.05) is 23.9 Å². The maximum Gasteiger partial charge on any atom is 0.268 e. The van der Waals surface area contributed by atoms with E-state index in [1.165, 1.54) is 12.0 Å². The predicted octanol–water partition coefficient (Wildman–Crippen LogP) is 3.57. The number of methoxy groups -OCH3 is 1. The van der Waals surface area contributed by atoms with E-state index in [0.717, 1.165) is 0 Å². The van der Waals surface area contributed by atoms with Crippen molar-refractivity contribution in [3.05, 3.63) is 88.9 Å². The third-order valence-corrected chi connectivity index (χ3v) is 5.30. The van der Waals surface area contributed by atoms with Crippen molar-refractivity contribution in [2.45, 2.75) is 5.60 Å². The van der Waals surface area contributed by atoms with Crippen LogP contribution in [0, 0.1) is 0 Å². The zero-order valence-electron chi connectivity index (χ0n) is 16.1. The molecule has 0 spiro atoms. The molecule has 0 aromatic heterocycles. The molecule has 0 unspecified atom stereocenters. The summed E-state index contributed by atoms with van der Waals surface area (Å²) in [6.07, 6.45) is 0. The Hall–Kier alpha value is -3.35. The van der Waals surface area contributed by atoms with Gasteiger partial charge in [0.25, 0.3) is 5.91 Å². The van der Waals surface area contributed by atoms with Crippen molar-refractivity contribution < 1.29 is 19.4 Å². The summed E-state index contributed by atoms with van der Waals surface area (Å²) in [5, 5.41) is 14.6. The third kappa shape index (κ3) is 3.30. The second-order valence-corrected chi connectivity index (χ2v) is 7.31. The van der Waals surface area contributed by atoms with Crippen molar-refractivity contribution in [3.63, 3.8) is 0 Å². The van der Waals surface area contributed by atoms with Crippen LogP contribution in [-0.2, 0) is 15.2 Å². The number of para-hydroxylation sites is 1. The zero-order chi connectivity index (χ0) is 21.3. The number of nitrogens with one attached hydrogen (secondary N) is 1. The van der Waals surface area contributed by atoms with E-state index in [1.807, 2.05) is 6.07 Å². The maximum atomic E-state index is 13.3. The van der Waals surface area contributed by atoms with E-state index in [1.54, 1.807) is 66.7 Å². The number of hydrogen-bond acceptors (Lipinski definition) is 4. The van der Waals surface area contributed by atoms with Crippen LogP contribution >= 0.6 is 11.6 Å². The van der Waals surface area contributed by atoms with Gasteiger partial charge in [0.1, 0.15) is 12.3 Å². The molecule has 4 rings (SSSR count). The lowest BCUT2D eigenvalue weighted by atomic mass is 9.88. The van der Waals surface area contributed by atoms with Crippen molar-refractivity contribution in [1.82, 2.24) is 0 Å². The Morgan fingerprint density at radius 3 is 2.53 bits per heavy atom. The second kappa shape index (κ2) is 7.82. The molecule has 6 nitrogen and oxygen atoms in total. The molecule has 0 bridgehead atoms. The van der Waals surface area contributed by atoms with Gasteiger partial charge in [0, 0.05) is 10.6 Å². The summed E-state index contributed by atoms with van der Waals surface area (Å²) in [5.41, 5.74) is -0.0854. The number of fused-ring (bicyclic) bond motifs is 1. The number of ether oxygens (including phenoxy) is 1. The molecule has 7 heteroatoms. The van der Waals surface area contributed by atoms with Gasteiger partial charge < -0.3 is 15.2 Å². The largest absolute Gasteiger partial charge is 0.495 e. The molecule has 30 heavy (non-hydrogen) atoms. The predicted molar refractivity (Wildman–Crippen MR) is 115 cm³/mol. The lowest BCUT2D eigenvalue weighted by Crippen LogP contribution is -2.44. The van der Waals surface area contributed by atoms with Gasteiger partial charge in [-0.15, -0.1) is 0 Å². The quantitative estimate of drug-likeness (QED) is 0.658. The second-order valence-electron chi connectivity index (χ2n) is 6.88. The van der Waals surface area contributed by atoms with E-state index in [-0.39, 0.29) is 6.54 Å². The standard InChI is InChI=1S/C23H19ClN2O4/c1-30-20-12-11-16(24)13-18(20)25-21(27)14-26-19-10-6-5-9-17(19)23(29,22(26)28)15-7-3-2-4-8-15/h2-13,29H,14H2,1H3,(H,25,27)/t23-/m1/s1. The average Bonchev–Trinajstić information content (AvgIpc) is 2.97. The Balaban J connectivity index is 1.65. The fraction of sp³-hybridized carbons (Fsp3) is 0.130. The number of carbonyl (C=O) groups excluding carboxylic acids is 2. The van der Waals surface area contributed by atoms with Crippen LogP contribution in [0.4, 0.5) is 11.4 Å². The van der Waals surface area contributed by atoms with E-state index < -0.39 is 17.4 Å². The summed E-state index contributed by atoms with van der Waals surface area (Å²) < 4.78 is 5.25. The minimum atomic E-state index is -1.86. The first-order valence-corrected chi connectivity index (χ1v) is 9.65. The van der Waals surface area contributed by atoms with Gasteiger partial charge in [0.2, 0.25) is 5.91 Å². The molecule has 3 aromatic rings. The Morgan fingerprint density at radius 1 is 1.10 bits per heavy atom. The lowest BCUT2D eigenvalue weighted by molar-refractivity contribution is -0.133. The molecular weight excluding hydrogens is 404 g/mol. The first-order valence-electron chi connectivity index (χ1n) is 9.28. The zero-order valence-corrected chi connectivity index (χ0v) is 16.9. The van der Waals surface area contributed by atoms with Crippen molar-refractivity contribution in [2.24, 2.45) is 0 Å². The summed E-state index contributed by atoms with van der Waals surface area (Å²) in [4.78, 5) is 27.4. The van der Waals surface area contributed by atoms with Gasteiger partial charge in [0.05, 0.1) is 18.5 Å². The molecule has 1 atom stereocenters. The molecular formula is C23H19ClN2O4. The topological polar surface area (TPSA) is 78.9 Å². The number of carbonyl (C=O) groups is 2. The SMILES string of the molecule is COc1ccc(Cl)cc1NC(=O)CN1C(=O)[C@@](O)(c2ccccc2)c2ccccc21. The normalized spacial score (nSPS) is 17.6. The molecule has 0 saturated heterocycles. The van der Waals surface area contributed by atoms with Gasteiger partial charge in [-0.1, -0.05) is 60.1 Å². The van der Waals surface area contributed by atoms with Crippen molar-refractivity contribution >= 4 is 34.8 Å². The Kier molecular flexibility index (Phi) is 5.20. The number of hydrogen-bond donors (Lipinski definition) is 2. The van der Waals surface area contributed by atoms with E-state index >= 15 is 0 Å². The summed E-state index contributed by atoms with van der Waals surface area (Å²) in [7, 11) is 1.49. The number of rotatable bonds is 5. The van der Waals surface area contributed by atoms with Crippen LogP contribution in [0.25, 0.3) is 0 Å². The van der Waals surface area contributed by atoms with Gasteiger partial charge in [-0.05, 0) is 29.8 Å². The molecule has 2 amide bonds. The molecule has 1 heterocycles. The molecule has 2 N–H and O–H groups in total. The van der Waals surface area contributed by atoms with E-state index in [4.69, 9.17) is 16.3 Å². The third-order valence-electron chi connectivity index (χ3n) is 5.07. The summed E-state index contributed by atoms with van der Waals surface area (Å²) in [6.45, 7) is -0.277. The number of benzene rings is 3. The number of anilines is 2. The van der Waals surface area contributed by atoms with Crippen molar-refractivity contribution in [1.29, 1.82) is 0 Å². The number of amides is 2. The summed E-state index contributed by atoms with van der Waals surface area (Å²) in [5.74, 6) is -0.583. The van der Waals surface area contributed by atoms with Crippen LogP contribution in [0.2, 0.25) is 5.02 Å². The smallest absolute Gasteiger partial charge is 0.268 e. The Bertz CT molecular complexity index is 1120. The first-order chi connectivity index (χ1) is 14.4. The molecule has 0 radical (unpaired) electrons. The molecule has 1 aliphatic heterocycles. The van der Waals surface area contributed by atoms with Gasteiger partial charge in [-0.2, -0.15) is 0 Å². The summed E-state index contributed by atoms with van der Waals surface area (Å²) >= 11 is 6.02. The highest BCUT2D eigenvalue weighted by molar-refractivity contribution is 6.31. The number of aliphatic hydroxyl groups is 1. The lowest BCUT2D eigenvalue weighted by Gasteiger charge is -2.23. The van der Waals surface area contributed by atoms with Gasteiger partial charge >= 0.3 is 0 Å². The van der Waals surface area contributed by atoms with Crippen molar-refractivity contribution in [3.8, 4) is 5.75 Å². The highest BCUT2D eigenvalue weighted by Gasteiger charge is 2.51. The fourth-order valence-corrected chi connectivity index (χ4v) is 3.83. The first kappa shape index (κ1) is 19.9. The minimum Gasteiger partial charge on any atom is -0.495 e. The molecule has 0 fully saturated rings. The Morgan fingerprint density at radius 2 is 1.80 bits per heavy atom. The van der Waals surface area contributed by atoms with Crippen LogP contribution in [-0.4, -0.2) is 30.6 Å². The van der Waals surface area contributed by atoms with E-state index in [2.05, 4.69) is 5.32 Å². The maximum absolute atomic E-state index is 13.3. The van der Waals surface area contributed by atoms with Crippen LogP contribution in [0.5, 0.6) is 5.75 Å². The summed E-state index contributed by atoms with van der Waals surface area (Å²) in [6, 6.07) is 20.5. The van der Waals surface area contributed by atoms with Crippen LogP contribution < -0.4 is 15.0 Å². The molecule has 1 aliphatic rings. The molecule has 0 aliphatic carbocycles. The number of nitrogens with zero attached hydrogens (tertiary/aromatic N) is 1. The minimum absolute atomic E-state index is 0.277. The van der Waals surface area contributed by atoms with Gasteiger partial charge in [0.15, 0.2) is 5.60 Å². The highest BCUT2D eigenvalue weighted by atomic mass is 35.5. The van der Waals surface area contributed by atoms with Gasteiger partial charge in [-0.3, -0.25) is 14.5 Å². The van der Waals surface area contributed by atoms with E-state index in [0.29, 0.717) is 33.3 Å². The monoisotopic (exact) mass is 422 g/mol. The van der Waals surface area contributed by atoms with Crippen LogP contribution in [0.15, 0.2) is 72.8 Å². The van der Waals surface area contributed by atoms with Gasteiger partial charge in [-0.25, -0.2) is 0 Å². The highest BCUT2D eigenvalue weighted by Crippen LogP contribution is 2.44. The van der Waals surface area contributed by atoms with E-state index in [9.17, 15) is 14.7 Å². The van der Waals surface area contributed by atoms with Crippen LogP contribution in [0.1, 0.15) is 11.1 Å². The fourth-order valence-electron chi connectivity index (χ4n) is 3.66. The Labute approximate surface area is 178 Å². The van der Waals surface area contributed by atoms with Crippen LogP contribution in [0.3, 0.4) is 0 Å². The molecule has 3 aromatic carbocycles. The molecule has 0 saturated carbocycles.